The molecule has 0 aliphatic heterocycles. The Hall–Kier alpha value is -1.37. The van der Waals surface area contributed by atoms with Gasteiger partial charge in [0.2, 0.25) is 0 Å². The van der Waals surface area contributed by atoms with Crippen molar-refractivity contribution in [2.75, 3.05) is 0 Å². The summed E-state index contributed by atoms with van der Waals surface area (Å²) in [6.45, 7) is 1.91. The van der Waals surface area contributed by atoms with Gasteiger partial charge >= 0.3 is 0 Å². The number of hydrogen-bond donors (Lipinski definition) is 0. The molecule has 1 heteroatoms. The third-order valence-electron chi connectivity index (χ3n) is 2.30. The van der Waals surface area contributed by atoms with E-state index in [1.807, 2.05) is 31.2 Å². The van der Waals surface area contributed by atoms with Gasteiger partial charge in [0, 0.05) is 0 Å². The summed E-state index contributed by atoms with van der Waals surface area (Å²) in [5.41, 5.74) is 2.25. The van der Waals surface area contributed by atoms with Gasteiger partial charge < -0.3 is 0 Å². The highest BCUT2D eigenvalue weighted by molar-refractivity contribution is 5.72. The third-order valence-corrected chi connectivity index (χ3v) is 2.30. The fraction of sp³-hybridized carbons (Fsp3) is 0.308. The second-order valence-corrected chi connectivity index (χ2v) is 3.32. The summed E-state index contributed by atoms with van der Waals surface area (Å²) in [4.78, 5) is 10.5. The fourth-order valence-electron chi connectivity index (χ4n) is 1.41. The van der Waals surface area contributed by atoms with Crippen molar-refractivity contribution in [1.29, 1.82) is 0 Å². The van der Waals surface area contributed by atoms with Crippen LogP contribution in [0.3, 0.4) is 0 Å². The molecule has 0 N–H and O–H groups in total. The Kier molecular flexibility index (Phi) is 4.70. The van der Waals surface area contributed by atoms with E-state index in [0.29, 0.717) is 0 Å². The average Bonchev–Trinajstić information content (AvgIpc) is 2.26. The lowest BCUT2D eigenvalue weighted by Gasteiger charge is -2.00. The monoisotopic (exact) mass is 188 g/mol. The summed E-state index contributed by atoms with van der Waals surface area (Å²) < 4.78 is 0. The molecule has 0 atom stereocenters. The number of carbonyl (C=O) groups excluding carboxylic acids is 1. The van der Waals surface area contributed by atoms with Crippen LogP contribution in [-0.2, 0) is 11.2 Å². The van der Waals surface area contributed by atoms with Crippen LogP contribution in [0.1, 0.15) is 25.3 Å². The van der Waals surface area contributed by atoms with Crippen LogP contribution in [0, 0.1) is 0 Å². The van der Waals surface area contributed by atoms with Crippen LogP contribution < -0.4 is 0 Å². The van der Waals surface area contributed by atoms with E-state index in [2.05, 4.69) is 12.1 Å². The molecule has 0 radical (unpaired) electrons. The minimum absolute atomic E-state index is 0.884. The first kappa shape index (κ1) is 10.7. The second-order valence-electron chi connectivity index (χ2n) is 3.32. The number of rotatable bonds is 5. The molecule has 0 unspecified atom stereocenters. The van der Waals surface area contributed by atoms with E-state index in [1.165, 1.54) is 5.56 Å². The van der Waals surface area contributed by atoms with Crippen LogP contribution in [0.4, 0.5) is 0 Å². The zero-order chi connectivity index (χ0) is 10.2. The third kappa shape index (κ3) is 3.56. The lowest BCUT2D eigenvalue weighted by Crippen LogP contribution is -1.89. The van der Waals surface area contributed by atoms with Gasteiger partial charge in [-0.2, -0.15) is 0 Å². The number of aryl methyl sites for hydroxylation is 1. The topological polar surface area (TPSA) is 17.1 Å². The van der Waals surface area contributed by atoms with Crippen molar-refractivity contribution in [1.82, 2.24) is 0 Å². The van der Waals surface area contributed by atoms with Crippen LogP contribution in [-0.4, -0.2) is 6.29 Å². The van der Waals surface area contributed by atoms with E-state index in [1.54, 1.807) is 0 Å². The van der Waals surface area contributed by atoms with Crippen LogP contribution in [0.15, 0.2) is 42.0 Å². The van der Waals surface area contributed by atoms with Gasteiger partial charge in [0.1, 0.15) is 6.29 Å². The summed E-state index contributed by atoms with van der Waals surface area (Å²) in [7, 11) is 0. The maximum atomic E-state index is 10.5. The van der Waals surface area contributed by atoms with Crippen molar-refractivity contribution < 1.29 is 4.79 Å². The standard InChI is InChI=1S/C13H16O/c1-2-12(11-14)9-6-10-13-7-4-3-5-8-13/h2-5,7-8,11H,6,9-10H2,1H3/b12-2-. The smallest absolute Gasteiger partial charge is 0.145 e. The van der Waals surface area contributed by atoms with Gasteiger partial charge in [-0.25, -0.2) is 0 Å². The molecule has 0 saturated carbocycles. The highest BCUT2D eigenvalue weighted by Gasteiger charge is 1.95. The van der Waals surface area contributed by atoms with Gasteiger partial charge in [0.05, 0.1) is 0 Å². The lowest BCUT2D eigenvalue weighted by molar-refractivity contribution is -0.105. The van der Waals surface area contributed by atoms with E-state index in [0.717, 1.165) is 31.1 Å². The summed E-state index contributed by atoms with van der Waals surface area (Å²) in [5.74, 6) is 0. The number of carbonyl (C=O) groups is 1. The molecule has 1 rings (SSSR count). The molecule has 1 aromatic carbocycles. The predicted molar refractivity (Wildman–Crippen MR) is 59.2 cm³/mol. The Labute approximate surface area is 85.5 Å². The number of benzene rings is 1. The van der Waals surface area contributed by atoms with Gasteiger partial charge in [0.15, 0.2) is 0 Å². The zero-order valence-electron chi connectivity index (χ0n) is 8.57. The molecule has 0 heterocycles. The molecule has 74 valence electrons. The van der Waals surface area contributed by atoms with E-state index in [-0.39, 0.29) is 0 Å². The van der Waals surface area contributed by atoms with Gasteiger partial charge in [-0.3, -0.25) is 4.79 Å². The Bertz CT molecular complexity index is 298. The Morgan fingerprint density at radius 1 is 1.29 bits per heavy atom. The normalized spacial score (nSPS) is 11.4. The SMILES string of the molecule is C/C=C(\C=O)CCCc1ccccc1. The predicted octanol–water partition coefficient (Wildman–Crippen LogP) is 3.15. The quantitative estimate of drug-likeness (QED) is 0.512. The molecule has 1 nitrogen and oxygen atoms in total. The number of hydrogen-bond acceptors (Lipinski definition) is 1. The van der Waals surface area contributed by atoms with Gasteiger partial charge in [-0.1, -0.05) is 36.4 Å². The van der Waals surface area contributed by atoms with Crippen LogP contribution in [0.5, 0.6) is 0 Å². The van der Waals surface area contributed by atoms with Crippen molar-refractivity contribution >= 4 is 6.29 Å². The molecule has 0 bridgehead atoms. The summed E-state index contributed by atoms with van der Waals surface area (Å²) >= 11 is 0. The molecule has 0 fully saturated rings. The maximum absolute atomic E-state index is 10.5. The first-order valence-electron chi connectivity index (χ1n) is 5.01. The van der Waals surface area contributed by atoms with E-state index in [9.17, 15) is 4.79 Å². The molecule has 0 aliphatic carbocycles. The fourth-order valence-corrected chi connectivity index (χ4v) is 1.41. The summed E-state index contributed by atoms with van der Waals surface area (Å²) in [6.07, 6.45) is 5.81. The second kappa shape index (κ2) is 6.14. The molecule has 14 heavy (non-hydrogen) atoms. The molecule has 0 saturated heterocycles. The van der Waals surface area contributed by atoms with Crippen molar-refractivity contribution in [3.8, 4) is 0 Å². The van der Waals surface area contributed by atoms with Crippen molar-refractivity contribution in [2.24, 2.45) is 0 Å². The first-order valence-corrected chi connectivity index (χ1v) is 5.01. The van der Waals surface area contributed by atoms with Gasteiger partial charge in [-0.15, -0.1) is 0 Å². The molecule has 0 aliphatic rings. The van der Waals surface area contributed by atoms with Crippen molar-refractivity contribution in [2.45, 2.75) is 26.2 Å². The Morgan fingerprint density at radius 3 is 2.57 bits per heavy atom. The molecule has 0 spiro atoms. The van der Waals surface area contributed by atoms with Crippen LogP contribution in [0.2, 0.25) is 0 Å². The molecule has 1 aromatic rings. The largest absolute Gasteiger partial charge is 0.298 e. The van der Waals surface area contributed by atoms with E-state index in [4.69, 9.17) is 0 Å². The number of aldehydes is 1. The van der Waals surface area contributed by atoms with Crippen LogP contribution >= 0.6 is 0 Å². The molecular formula is C13H16O. The minimum atomic E-state index is 0.884. The van der Waals surface area contributed by atoms with Gasteiger partial charge in [-0.05, 0) is 37.3 Å². The lowest BCUT2D eigenvalue weighted by atomic mass is 10.0. The Balaban J connectivity index is 2.32. The van der Waals surface area contributed by atoms with Crippen molar-refractivity contribution in [3.05, 3.63) is 47.5 Å². The Morgan fingerprint density at radius 2 is 2.00 bits per heavy atom. The van der Waals surface area contributed by atoms with E-state index < -0.39 is 0 Å². The molecule has 0 amide bonds. The van der Waals surface area contributed by atoms with E-state index >= 15 is 0 Å². The zero-order valence-corrected chi connectivity index (χ0v) is 8.57. The highest BCUT2D eigenvalue weighted by atomic mass is 16.1. The minimum Gasteiger partial charge on any atom is -0.298 e. The molecule has 0 aromatic heterocycles. The number of allylic oxidation sites excluding steroid dienone is 2. The summed E-state index contributed by atoms with van der Waals surface area (Å²) in [5, 5.41) is 0. The summed E-state index contributed by atoms with van der Waals surface area (Å²) in [6, 6.07) is 10.4. The van der Waals surface area contributed by atoms with Gasteiger partial charge in [0.25, 0.3) is 0 Å². The molecular weight excluding hydrogens is 172 g/mol. The maximum Gasteiger partial charge on any atom is 0.145 e. The highest BCUT2D eigenvalue weighted by Crippen LogP contribution is 2.08. The van der Waals surface area contributed by atoms with Crippen LogP contribution in [0.25, 0.3) is 0 Å². The first-order chi connectivity index (χ1) is 6.86. The van der Waals surface area contributed by atoms with Crippen molar-refractivity contribution in [3.63, 3.8) is 0 Å². The average molecular weight is 188 g/mol.